The minimum Gasteiger partial charge on any atom is -0.396 e. The smallest absolute Gasteiger partial charge is 0.198 e. The van der Waals surface area contributed by atoms with Gasteiger partial charge < -0.3 is 30.2 Å². The zero-order valence-corrected chi connectivity index (χ0v) is 16.3. The number of nitrogens with one attached hydrogen (secondary N) is 1. The Morgan fingerprint density at radius 3 is 3.03 bits per heavy atom. The second-order valence-electron chi connectivity index (χ2n) is 7.52. The average Bonchev–Trinajstić information content (AvgIpc) is 3.30. The van der Waals surface area contributed by atoms with E-state index >= 15 is 0 Å². The molecule has 2 atom stereocenters. The van der Waals surface area contributed by atoms with Crippen molar-refractivity contribution in [2.75, 3.05) is 37.0 Å². The van der Waals surface area contributed by atoms with Crippen molar-refractivity contribution >= 4 is 22.8 Å². The van der Waals surface area contributed by atoms with E-state index in [0.29, 0.717) is 38.0 Å². The lowest BCUT2D eigenvalue weighted by molar-refractivity contribution is 0.0454. The van der Waals surface area contributed by atoms with Crippen molar-refractivity contribution in [2.45, 2.75) is 32.1 Å². The van der Waals surface area contributed by atoms with Crippen LogP contribution < -0.4 is 10.6 Å². The fraction of sp³-hybridized carbons (Fsp3) is 0.450. The number of aromatic nitrogens is 4. The van der Waals surface area contributed by atoms with E-state index < -0.39 is 0 Å². The minimum atomic E-state index is -0.224. The van der Waals surface area contributed by atoms with Gasteiger partial charge in [-0.3, -0.25) is 0 Å². The van der Waals surface area contributed by atoms with Gasteiger partial charge in [0.25, 0.3) is 0 Å². The summed E-state index contributed by atoms with van der Waals surface area (Å²) in [5.74, 6) is 1.90. The highest BCUT2D eigenvalue weighted by atomic mass is 16.5. The van der Waals surface area contributed by atoms with Crippen molar-refractivity contribution in [1.82, 2.24) is 19.9 Å². The number of H-pyrrole nitrogens is 1. The number of aromatic amines is 1. The Morgan fingerprint density at radius 2 is 2.21 bits per heavy atom. The van der Waals surface area contributed by atoms with Crippen LogP contribution in [0.5, 0.6) is 0 Å². The van der Waals surface area contributed by atoms with Crippen LogP contribution >= 0.6 is 0 Å². The molecule has 9 heteroatoms. The lowest BCUT2D eigenvalue weighted by Crippen LogP contribution is -2.44. The van der Waals surface area contributed by atoms with Crippen molar-refractivity contribution in [2.24, 2.45) is 0 Å². The van der Waals surface area contributed by atoms with E-state index in [2.05, 4.69) is 21.8 Å². The largest absolute Gasteiger partial charge is 0.396 e. The normalized spacial score (nSPS) is 21.7. The summed E-state index contributed by atoms with van der Waals surface area (Å²) in [6.07, 6.45) is 0.288. The van der Waals surface area contributed by atoms with Gasteiger partial charge in [-0.1, -0.05) is 0 Å². The van der Waals surface area contributed by atoms with Crippen LogP contribution in [0, 0.1) is 0 Å². The van der Waals surface area contributed by atoms with Crippen molar-refractivity contribution in [3.63, 3.8) is 0 Å². The number of ether oxygens (including phenoxy) is 2. The number of nitrogens with two attached hydrogens (primary N) is 1. The number of nitrogens with zero attached hydrogens (tertiary/aromatic N) is 4. The van der Waals surface area contributed by atoms with Gasteiger partial charge in [-0.2, -0.15) is 0 Å². The third-order valence-corrected chi connectivity index (χ3v) is 5.54. The first-order valence-corrected chi connectivity index (χ1v) is 9.87. The molecule has 5 rings (SSSR count). The number of rotatable bonds is 4. The van der Waals surface area contributed by atoms with E-state index in [4.69, 9.17) is 25.2 Å². The summed E-state index contributed by atoms with van der Waals surface area (Å²) in [5.41, 5.74) is 10.2. The summed E-state index contributed by atoms with van der Waals surface area (Å²) in [6, 6.07) is 6.03. The molecule has 3 aromatic rings. The second kappa shape index (κ2) is 7.25. The SMILES string of the molecule is CC1COCCN1c1nc(-c2ccc3nc(N)[nH]c3c2)nc2c1COC2CCO. The summed E-state index contributed by atoms with van der Waals surface area (Å²) in [4.78, 5) is 19.4. The molecule has 152 valence electrons. The van der Waals surface area contributed by atoms with Gasteiger partial charge in [-0.25, -0.2) is 15.0 Å². The Bertz CT molecular complexity index is 1050. The monoisotopic (exact) mass is 396 g/mol. The molecule has 1 saturated heterocycles. The Labute approximate surface area is 167 Å². The molecule has 0 radical (unpaired) electrons. The van der Waals surface area contributed by atoms with E-state index in [0.717, 1.165) is 40.2 Å². The van der Waals surface area contributed by atoms with Crippen molar-refractivity contribution in [3.05, 3.63) is 29.5 Å². The van der Waals surface area contributed by atoms with Crippen LogP contribution in [0.25, 0.3) is 22.4 Å². The summed E-state index contributed by atoms with van der Waals surface area (Å²) in [7, 11) is 0. The summed E-state index contributed by atoms with van der Waals surface area (Å²) >= 11 is 0. The molecule has 2 unspecified atom stereocenters. The highest BCUT2D eigenvalue weighted by molar-refractivity contribution is 5.82. The van der Waals surface area contributed by atoms with Crippen LogP contribution in [-0.2, 0) is 16.1 Å². The quantitative estimate of drug-likeness (QED) is 0.610. The van der Waals surface area contributed by atoms with Crippen LogP contribution in [0.2, 0.25) is 0 Å². The van der Waals surface area contributed by atoms with E-state index in [9.17, 15) is 5.11 Å². The van der Waals surface area contributed by atoms with Gasteiger partial charge in [0, 0.05) is 30.7 Å². The van der Waals surface area contributed by atoms with Crippen molar-refractivity contribution < 1.29 is 14.6 Å². The molecule has 4 heterocycles. The maximum absolute atomic E-state index is 9.45. The number of hydrogen-bond acceptors (Lipinski definition) is 8. The predicted molar refractivity (Wildman–Crippen MR) is 108 cm³/mol. The number of hydrogen-bond donors (Lipinski definition) is 3. The molecule has 1 fully saturated rings. The van der Waals surface area contributed by atoms with Gasteiger partial charge in [0.1, 0.15) is 11.9 Å². The third-order valence-electron chi connectivity index (χ3n) is 5.54. The molecule has 0 bridgehead atoms. The zero-order valence-electron chi connectivity index (χ0n) is 16.3. The Morgan fingerprint density at radius 1 is 1.31 bits per heavy atom. The number of benzene rings is 1. The van der Waals surface area contributed by atoms with Crippen LogP contribution in [0.4, 0.5) is 11.8 Å². The highest BCUT2D eigenvalue weighted by Gasteiger charge is 2.33. The number of anilines is 2. The lowest BCUT2D eigenvalue weighted by atomic mass is 10.1. The topological polar surface area (TPSA) is 122 Å². The number of aliphatic hydroxyl groups is 1. The third kappa shape index (κ3) is 3.21. The van der Waals surface area contributed by atoms with Gasteiger partial charge in [0.15, 0.2) is 11.8 Å². The first-order chi connectivity index (χ1) is 14.1. The average molecular weight is 396 g/mol. The van der Waals surface area contributed by atoms with Crippen molar-refractivity contribution in [3.8, 4) is 11.4 Å². The summed E-state index contributed by atoms with van der Waals surface area (Å²) in [6.45, 7) is 4.73. The number of nitrogen functional groups attached to an aromatic ring is 1. The summed E-state index contributed by atoms with van der Waals surface area (Å²) in [5, 5.41) is 9.45. The molecule has 9 nitrogen and oxygen atoms in total. The Kier molecular flexibility index (Phi) is 4.57. The number of fused-ring (bicyclic) bond motifs is 2. The predicted octanol–water partition coefficient (Wildman–Crippen LogP) is 1.78. The maximum Gasteiger partial charge on any atom is 0.198 e. The molecule has 29 heavy (non-hydrogen) atoms. The number of imidazole rings is 1. The Hall–Kier alpha value is -2.75. The molecule has 2 aromatic heterocycles. The maximum atomic E-state index is 9.45. The lowest BCUT2D eigenvalue weighted by Gasteiger charge is -2.35. The molecule has 4 N–H and O–H groups in total. The first-order valence-electron chi connectivity index (χ1n) is 9.87. The second-order valence-corrected chi connectivity index (χ2v) is 7.52. The molecule has 0 amide bonds. The van der Waals surface area contributed by atoms with Gasteiger partial charge in [0.2, 0.25) is 0 Å². The van der Waals surface area contributed by atoms with E-state index in [1.165, 1.54) is 0 Å². The molecule has 0 aliphatic carbocycles. The molecule has 2 aliphatic heterocycles. The van der Waals surface area contributed by atoms with Gasteiger partial charge in [0.05, 0.1) is 42.6 Å². The summed E-state index contributed by atoms with van der Waals surface area (Å²) < 4.78 is 11.5. The highest BCUT2D eigenvalue weighted by Crippen LogP contribution is 2.39. The van der Waals surface area contributed by atoms with Gasteiger partial charge in [-0.15, -0.1) is 0 Å². The van der Waals surface area contributed by atoms with E-state index in [1.807, 2.05) is 18.2 Å². The van der Waals surface area contributed by atoms with Crippen LogP contribution in [0.1, 0.15) is 30.7 Å². The molecular weight excluding hydrogens is 372 g/mol. The van der Waals surface area contributed by atoms with Crippen LogP contribution in [0.3, 0.4) is 0 Å². The molecular formula is C20H24N6O3. The Balaban J connectivity index is 1.64. The van der Waals surface area contributed by atoms with Crippen LogP contribution in [-0.4, -0.2) is 57.4 Å². The fourth-order valence-electron chi connectivity index (χ4n) is 4.07. The minimum absolute atomic E-state index is 0.0477. The van der Waals surface area contributed by atoms with E-state index in [-0.39, 0.29) is 18.8 Å². The number of aliphatic hydroxyl groups excluding tert-OH is 1. The zero-order chi connectivity index (χ0) is 20.0. The van der Waals surface area contributed by atoms with E-state index in [1.54, 1.807) is 0 Å². The van der Waals surface area contributed by atoms with Gasteiger partial charge in [-0.05, 0) is 25.1 Å². The number of morpholine rings is 1. The van der Waals surface area contributed by atoms with Crippen molar-refractivity contribution in [1.29, 1.82) is 0 Å². The van der Waals surface area contributed by atoms with Crippen LogP contribution in [0.15, 0.2) is 18.2 Å². The standard InChI is InChI=1S/C20H24N6O3/c1-11-9-28-7-5-26(11)19-13-10-29-16(4-6-27)17(13)24-18(25-19)12-2-3-14-15(8-12)23-20(21)22-14/h2-3,8,11,16,27H,4-7,9-10H2,1H3,(H3,21,22,23). The molecule has 0 spiro atoms. The molecule has 1 aromatic carbocycles. The molecule has 0 saturated carbocycles. The van der Waals surface area contributed by atoms with Gasteiger partial charge >= 0.3 is 0 Å². The fourth-order valence-corrected chi connectivity index (χ4v) is 4.07. The first kappa shape index (κ1) is 18.3. The molecule has 2 aliphatic rings.